The van der Waals surface area contributed by atoms with E-state index in [1.54, 1.807) is 19.5 Å². The first-order valence-electron chi connectivity index (χ1n) is 9.21. The Balaban J connectivity index is 0.00000392. The van der Waals surface area contributed by atoms with Crippen LogP contribution in [0.2, 0.25) is 0 Å². The fourth-order valence-corrected chi connectivity index (χ4v) is 2.62. The third kappa shape index (κ3) is 6.39. The van der Waals surface area contributed by atoms with Gasteiger partial charge in [0.2, 0.25) is 5.91 Å². The van der Waals surface area contributed by atoms with Crippen LogP contribution in [-0.4, -0.2) is 24.0 Å². The van der Waals surface area contributed by atoms with Crippen LogP contribution in [0.15, 0.2) is 42.7 Å². The number of carbonyl (C=O) groups excluding carboxylic acids is 1. The Bertz CT molecular complexity index is 743. The first-order chi connectivity index (χ1) is 13.0. The van der Waals surface area contributed by atoms with Crippen molar-refractivity contribution in [3.05, 3.63) is 53.9 Å². The van der Waals surface area contributed by atoms with Gasteiger partial charge < -0.3 is 20.5 Å². The molecule has 28 heavy (non-hydrogen) atoms. The van der Waals surface area contributed by atoms with Crippen molar-refractivity contribution in [2.24, 2.45) is 11.7 Å². The van der Waals surface area contributed by atoms with Crippen molar-refractivity contribution in [2.45, 2.75) is 45.9 Å². The van der Waals surface area contributed by atoms with Crippen LogP contribution >= 0.6 is 12.4 Å². The number of halogens is 1. The van der Waals surface area contributed by atoms with Crippen molar-refractivity contribution in [1.29, 1.82) is 0 Å². The van der Waals surface area contributed by atoms with Crippen molar-refractivity contribution < 1.29 is 14.3 Å². The van der Waals surface area contributed by atoms with E-state index in [4.69, 9.17) is 15.2 Å². The Morgan fingerprint density at radius 1 is 1.18 bits per heavy atom. The summed E-state index contributed by atoms with van der Waals surface area (Å²) < 4.78 is 11.3. The van der Waals surface area contributed by atoms with Crippen molar-refractivity contribution in [1.82, 2.24) is 10.3 Å². The van der Waals surface area contributed by atoms with Crippen molar-refractivity contribution in [2.75, 3.05) is 7.11 Å². The topological polar surface area (TPSA) is 86.5 Å². The highest BCUT2D eigenvalue weighted by Gasteiger charge is 2.21. The van der Waals surface area contributed by atoms with Gasteiger partial charge in [-0.15, -0.1) is 12.4 Å². The van der Waals surface area contributed by atoms with Gasteiger partial charge in [-0.25, -0.2) is 0 Å². The zero-order valence-corrected chi connectivity index (χ0v) is 17.7. The van der Waals surface area contributed by atoms with Crippen LogP contribution in [0.25, 0.3) is 0 Å². The van der Waals surface area contributed by atoms with Crippen molar-refractivity contribution in [3.63, 3.8) is 0 Å². The lowest BCUT2D eigenvalue weighted by molar-refractivity contribution is -0.124. The van der Waals surface area contributed by atoms with Gasteiger partial charge >= 0.3 is 0 Å². The van der Waals surface area contributed by atoms with E-state index in [0.717, 1.165) is 17.5 Å². The average Bonchev–Trinajstić information content (AvgIpc) is 2.71. The van der Waals surface area contributed by atoms with Crippen LogP contribution in [0.1, 0.15) is 44.4 Å². The van der Waals surface area contributed by atoms with Gasteiger partial charge in [0, 0.05) is 12.4 Å². The molecule has 0 aliphatic carbocycles. The molecule has 0 radical (unpaired) electrons. The number of ether oxygens (including phenoxy) is 2. The normalized spacial score (nSPS) is 13.6. The number of rotatable bonds is 9. The number of methoxy groups -OCH3 is 1. The van der Waals surface area contributed by atoms with Crippen LogP contribution in [0.5, 0.6) is 11.5 Å². The first kappa shape index (κ1) is 23.7. The maximum absolute atomic E-state index is 12.3. The van der Waals surface area contributed by atoms with Gasteiger partial charge in [0.25, 0.3) is 0 Å². The van der Waals surface area contributed by atoms with Gasteiger partial charge in [-0.2, -0.15) is 0 Å². The second-order valence-electron chi connectivity index (χ2n) is 6.70. The van der Waals surface area contributed by atoms with Gasteiger partial charge in [-0.3, -0.25) is 9.78 Å². The molecule has 3 N–H and O–H groups in total. The lowest BCUT2D eigenvalue weighted by atomic mass is 9.98. The summed E-state index contributed by atoms with van der Waals surface area (Å²) in [7, 11) is 1.60. The monoisotopic (exact) mass is 407 g/mol. The molecule has 6 nitrogen and oxygen atoms in total. The van der Waals surface area contributed by atoms with Gasteiger partial charge in [0.05, 0.1) is 19.2 Å². The van der Waals surface area contributed by atoms with E-state index in [0.29, 0.717) is 18.1 Å². The molecule has 1 heterocycles. The molecule has 3 unspecified atom stereocenters. The van der Waals surface area contributed by atoms with E-state index in [1.807, 2.05) is 51.1 Å². The molecule has 2 aromatic rings. The van der Waals surface area contributed by atoms with E-state index < -0.39 is 6.04 Å². The van der Waals surface area contributed by atoms with Crippen LogP contribution in [0, 0.1) is 5.92 Å². The second kappa shape index (κ2) is 11.5. The van der Waals surface area contributed by atoms with Crippen LogP contribution < -0.4 is 20.5 Å². The predicted octanol–water partition coefficient (Wildman–Crippen LogP) is 3.64. The van der Waals surface area contributed by atoms with E-state index in [2.05, 4.69) is 10.3 Å². The highest BCUT2D eigenvalue weighted by molar-refractivity contribution is 5.85. The number of aromatic nitrogens is 1. The maximum Gasteiger partial charge on any atom is 0.237 e. The summed E-state index contributed by atoms with van der Waals surface area (Å²) in [4.78, 5) is 16.3. The van der Waals surface area contributed by atoms with Gasteiger partial charge in [0.15, 0.2) is 11.5 Å². The highest BCUT2D eigenvalue weighted by atomic mass is 35.5. The number of nitrogens with one attached hydrogen (secondary N) is 1. The summed E-state index contributed by atoms with van der Waals surface area (Å²) in [6.45, 7) is 6.35. The molecule has 2 rings (SSSR count). The summed E-state index contributed by atoms with van der Waals surface area (Å²) in [6.07, 6.45) is 4.32. The molecular formula is C21H30ClN3O3. The number of nitrogens with zero attached hydrogens (tertiary/aromatic N) is 1. The molecule has 0 aliphatic heterocycles. The Kier molecular flexibility index (Phi) is 9.76. The number of pyridine rings is 1. The van der Waals surface area contributed by atoms with Crippen molar-refractivity contribution >= 4 is 18.3 Å². The number of benzene rings is 1. The molecular weight excluding hydrogens is 378 g/mol. The van der Waals surface area contributed by atoms with Crippen LogP contribution in [-0.2, 0) is 11.4 Å². The Labute approximate surface area is 173 Å². The lowest BCUT2D eigenvalue weighted by Gasteiger charge is -2.22. The van der Waals surface area contributed by atoms with Gasteiger partial charge in [-0.1, -0.05) is 26.3 Å². The summed E-state index contributed by atoms with van der Waals surface area (Å²) >= 11 is 0. The third-order valence-electron chi connectivity index (χ3n) is 4.75. The molecule has 7 heteroatoms. The highest BCUT2D eigenvalue weighted by Crippen LogP contribution is 2.31. The Morgan fingerprint density at radius 3 is 2.46 bits per heavy atom. The van der Waals surface area contributed by atoms with Crippen molar-refractivity contribution in [3.8, 4) is 11.5 Å². The molecule has 1 aromatic heterocycles. The number of amides is 1. The zero-order chi connectivity index (χ0) is 19.8. The molecule has 0 aliphatic rings. The number of nitrogens with two attached hydrogens (primary N) is 1. The van der Waals surface area contributed by atoms with E-state index in [-0.39, 0.29) is 30.3 Å². The molecule has 0 bridgehead atoms. The van der Waals surface area contributed by atoms with E-state index in [1.165, 1.54) is 0 Å². The van der Waals surface area contributed by atoms with Gasteiger partial charge in [-0.05, 0) is 48.2 Å². The molecule has 0 spiro atoms. The minimum atomic E-state index is -0.512. The number of hydrogen-bond acceptors (Lipinski definition) is 5. The number of hydrogen-bond donors (Lipinski definition) is 2. The lowest BCUT2D eigenvalue weighted by Crippen LogP contribution is -2.45. The van der Waals surface area contributed by atoms with E-state index in [9.17, 15) is 4.79 Å². The molecule has 0 fully saturated rings. The fourth-order valence-electron chi connectivity index (χ4n) is 2.62. The molecule has 1 amide bonds. The summed E-state index contributed by atoms with van der Waals surface area (Å²) in [5.41, 5.74) is 7.96. The first-order valence-corrected chi connectivity index (χ1v) is 9.21. The molecule has 1 aromatic carbocycles. The second-order valence-corrected chi connectivity index (χ2v) is 6.70. The minimum absolute atomic E-state index is 0. The predicted molar refractivity (Wildman–Crippen MR) is 113 cm³/mol. The quantitative estimate of drug-likeness (QED) is 0.662. The SMILES string of the molecule is CCC(C)C(N)C(=O)NC(C)c1ccc(OCc2ccncc2)c(OC)c1.Cl. The average molecular weight is 408 g/mol. The standard InChI is InChI=1S/C21H29N3O3.ClH/c1-5-14(2)20(22)21(25)24-15(3)17-6-7-18(19(12-17)26-4)27-13-16-8-10-23-11-9-16;/h6-12,14-15,20H,5,13,22H2,1-4H3,(H,24,25);1H. The van der Waals surface area contributed by atoms with Gasteiger partial charge in [0.1, 0.15) is 6.61 Å². The summed E-state index contributed by atoms with van der Waals surface area (Å²) in [5, 5.41) is 2.97. The largest absolute Gasteiger partial charge is 0.493 e. The molecule has 154 valence electrons. The third-order valence-corrected chi connectivity index (χ3v) is 4.75. The Hall–Kier alpha value is -2.31. The minimum Gasteiger partial charge on any atom is -0.493 e. The molecule has 3 atom stereocenters. The van der Waals surface area contributed by atoms with E-state index >= 15 is 0 Å². The molecule has 0 saturated carbocycles. The van der Waals surface area contributed by atoms with Crippen LogP contribution in [0.4, 0.5) is 0 Å². The summed E-state index contributed by atoms with van der Waals surface area (Å²) in [6, 6.07) is 8.76. The number of carbonyl (C=O) groups is 1. The maximum atomic E-state index is 12.3. The molecule has 0 saturated heterocycles. The van der Waals surface area contributed by atoms with Crippen LogP contribution in [0.3, 0.4) is 0 Å². The zero-order valence-electron chi connectivity index (χ0n) is 16.8. The Morgan fingerprint density at radius 2 is 1.86 bits per heavy atom. The smallest absolute Gasteiger partial charge is 0.237 e. The fraction of sp³-hybridized carbons (Fsp3) is 0.429. The summed E-state index contributed by atoms with van der Waals surface area (Å²) in [5.74, 6) is 1.26.